The van der Waals surface area contributed by atoms with Crippen LogP contribution in [0.5, 0.6) is 23.0 Å². The highest BCUT2D eigenvalue weighted by atomic mass is 16.5. The highest BCUT2D eigenvalue weighted by molar-refractivity contribution is 6.12. The van der Waals surface area contributed by atoms with Crippen LogP contribution in [0.25, 0.3) is 32.7 Å². The molecule has 0 aliphatic carbocycles. The van der Waals surface area contributed by atoms with Gasteiger partial charge in [0.15, 0.2) is 23.0 Å². The van der Waals surface area contributed by atoms with Crippen LogP contribution in [0, 0.1) is 0 Å². The normalized spacial score (nSPS) is 10.9. The van der Waals surface area contributed by atoms with E-state index >= 15 is 0 Å². The van der Waals surface area contributed by atoms with Crippen molar-refractivity contribution in [1.82, 2.24) is 0 Å². The monoisotopic (exact) mass is 526 g/mol. The van der Waals surface area contributed by atoms with Gasteiger partial charge in [0.2, 0.25) is 0 Å². The Labute approximate surface area is 229 Å². The standard InChI is InChI=1S/C34H22O6/c35-31-27(39-33(37)21-11-3-1-4-12-21)19-23-15-7-9-17-25(23)29(31)30-26-18-10-8-16-24(26)20-28(32(30)36)40-34(38)22-13-5-2-6-14-22/h1-20,35-36H. The summed E-state index contributed by atoms with van der Waals surface area (Å²) < 4.78 is 11.3. The number of esters is 2. The number of hydrogen-bond acceptors (Lipinski definition) is 6. The van der Waals surface area contributed by atoms with Crippen molar-refractivity contribution in [2.45, 2.75) is 0 Å². The second-order valence-electron chi connectivity index (χ2n) is 9.15. The molecular formula is C34H22O6. The Morgan fingerprint density at radius 2 is 0.825 bits per heavy atom. The second-order valence-corrected chi connectivity index (χ2v) is 9.15. The van der Waals surface area contributed by atoms with Crippen molar-refractivity contribution in [1.29, 1.82) is 0 Å². The molecule has 0 aliphatic heterocycles. The van der Waals surface area contributed by atoms with Crippen LogP contribution in [0.3, 0.4) is 0 Å². The topological polar surface area (TPSA) is 93.1 Å². The van der Waals surface area contributed by atoms with Gasteiger partial charge in [-0.1, -0.05) is 84.9 Å². The maximum Gasteiger partial charge on any atom is 0.343 e. The minimum atomic E-state index is -0.642. The summed E-state index contributed by atoms with van der Waals surface area (Å²) >= 11 is 0. The third-order valence-corrected chi connectivity index (χ3v) is 6.65. The van der Waals surface area contributed by atoms with Gasteiger partial charge in [-0.2, -0.15) is 0 Å². The van der Waals surface area contributed by atoms with E-state index in [0.717, 1.165) is 0 Å². The summed E-state index contributed by atoms with van der Waals surface area (Å²) in [5.41, 5.74) is 1.11. The van der Waals surface area contributed by atoms with E-state index in [4.69, 9.17) is 9.47 Å². The predicted molar refractivity (Wildman–Crippen MR) is 153 cm³/mol. The summed E-state index contributed by atoms with van der Waals surface area (Å²) in [6.45, 7) is 0. The van der Waals surface area contributed by atoms with Crippen molar-refractivity contribution in [3.05, 3.63) is 132 Å². The number of carbonyl (C=O) groups is 2. The molecule has 6 heteroatoms. The molecule has 194 valence electrons. The van der Waals surface area contributed by atoms with Gasteiger partial charge in [-0.15, -0.1) is 0 Å². The van der Waals surface area contributed by atoms with E-state index in [0.29, 0.717) is 32.7 Å². The largest absolute Gasteiger partial charge is 0.504 e. The molecule has 6 aromatic carbocycles. The van der Waals surface area contributed by atoms with Crippen molar-refractivity contribution in [2.24, 2.45) is 0 Å². The average Bonchev–Trinajstić information content (AvgIpc) is 2.99. The Morgan fingerprint density at radius 3 is 1.23 bits per heavy atom. The van der Waals surface area contributed by atoms with E-state index in [-0.39, 0.29) is 34.1 Å². The molecule has 40 heavy (non-hydrogen) atoms. The SMILES string of the molecule is O=C(Oc1cc2ccccc2c(-c2c(O)c(OC(=O)c3ccccc3)cc3ccccc23)c1O)c1ccccc1. The first-order valence-corrected chi connectivity index (χ1v) is 12.6. The van der Waals surface area contributed by atoms with Gasteiger partial charge in [0.25, 0.3) is 0 Å². The summed E-state index contributed by atoms with van der Waals surface area (Å²) in [4.78, 5) is 25.8. The van der Waals surface area contributed by atoms with Crippen molar-refractivity contribution < 1.29 is 29.3 Å². The lowest BCUT2D eigenvalue weighted by Gasteiger charge is -2.18. The molecule has 0 saturated carbocycles. The minimum absolute atomic E-state index is 0.0716. The van der Waals surface area contributed by atoms with Crippen molar-refractivity contribution in [3.8, 4) is 34.1 Å². The molecule has 0 bridgehead atoms. The molecule has 6 nitrogen and oxygen atoms in total. The number of carbonyl (C=O) groups excluding carboxylic acids is 2. The molecule has 0 amide bonds. The van der Waals surface area contributed by atoms with Crippen molar-refractivity contribution in [2.75, 3.05) is 0 Å². The van der Waals surface area contributed by atoms with Crippen LogP contribution < -0.4 is 9.47 Å². The first-order chi connectivity index (χ1) is 19.5. The summed E-state index contributed by atoms with van der Waals surface area (Å²) in [7, 11) is 0. The molecule has 0 fully saturated rings. The number of ether oxygens (including phenoxy) is 2. The van der Waals surface area contributed by atoms with Crippen molar-refractivity contribution in [3.63, 3.8) is 0 Å². The van der Waals surface area contributed by atoms with Gasteiger partial charge in [-0.25, -0.2) is 9.59 Å². The molecule has 0 atom stereocenters. The lowest BCUT2D eigenvalue weighted by atomic mass is 9.91. The Kier molecular flexibility index (Phi) is 6.34. The van der Waals surface area contributed by atoms with Gasteiger partial charge in [0.05, 0.1) is 11.1 Å². The third-order valence-electron chi connectivity index (χ3n) is 6.65. The van der Waals surface area contributed by atoms with Crippen LogP contribution in [0.15, 0.2) is 121 Å². The lowest BCUT2D eigenvalue weighted by Crippen LogP contribution is -2.09. The number of rotatable bonds is 5. The molecule has 0 saturated heterocycles. The van der Waals surface area contributed by atoms with Gasteiger partial charge >= 0.3 is 11.9 Å². The maximum atomic E-state index is 12.9. The smallest absolute Gasteiger partial charge is 0.343 e. The van der Waals surface area contributed by atoms with Crippen LogP contribution >= 0.6 is 0 Å². The molecule has 6 aromatic rings. The second kappa shape index (κ2) is 10.3. The fourth-order valence-corrected chi connectivity index (χ4v) is 4.75. The van der Waals surface area contributed by atoms with Crippen LogP contribution in [0.1, 0.15) is 20.7 Å². The summed E-state index contributed by atoms with van der Waals surface area (Å²) in [5, 5.41) is 25.7. The maximum absolute atomic E-state index is 12.9. The molecule has 0 unspecified atom stereocenters. The van der Waals surface area contributed by atoms with Gasteiger partial charge in [0, 0.05) is 11.1 Å². The molecule has 0 spiro atoms. The lowest BCUT2D eigenvalue weighted by molar-refractivity contribution is 0.0720. The van der Waals surface area contributed by atoms with Crippen LogP contribution in [0.4, 0.5) is 0 Å². The molecule has 6 rings (SSSR count). The van der Waals surface area contributed by atoms with E-state index in [2.05, 4.69) is 0 Å². The van der Waals surface area contributed by atoms with E-state index in [1.54, 1.807) is 97.1 Å². The first kappa shape index (κ1) is 24.7. The Morgan fingerprint density at radius 1 is 0.475 bits per heavy atom. The minimum Gasteiger partial charge on any atom is -0.504 e. The molecule has 2 N–H and O–H groups in total. The number of phenolic OH excluding ortho intramolecular Hbond substituents is 2. The fraction of sp³-hybridized carbons (Fsp3) is 0. The quantitative estimate of drug-likeness (QED) is 0.178. The number of aromatic hydroxyl groups is 2. The van der Waals surface area contributed by atoms with Gasteiger partial charge in [-0.3, -0.25) is 0 Å². The highest BCUT2D eigenvalue weighted by Gasteiger charge is 2.25. The van der Waals surface area contributed by atoms with Crippen LogP contribution in [-0.4, -0.2) is 22.2 Å². The number of fused-ring (bicyclic) bond motifs is 2. The van der Waals surface area contributed by atoms with Gasteiger partial charge in [-0.05, 0) is 57.9 Å². The van der Waals surface area contributed by atoms with Gasteiger partial charge in [0.1, 0.15) is 0 Å². The van der Waals surface area contributed by atoms with E-state index in [9.17, 15) is 19.8 Å². The van der Waals surface area contributed by atoms with Crippen LogP contribution in [0.2, 0.25) is 0 Å². The molecule has 0 aliphatic rings. The number of hydrogen-bond donors (Lipinski definition) is 2. The Balaban J connectivity index is 1.56. The van der Waals surface area contributed by atoms with Crippen molar-refractivity contribution >= 4 is 33.5 Å². The fourth-order valence-electron chi connectivity index (χ4n) is 4.75. The molecular weight excluding hydrogens is 504 g/mol. The third kappa shape index (κ3) is 4.48. The molecule has 0 radical (unpaired) electrons. The zero-order chi connectivity index (χ0) is 27.6. The number of phenols is 2. The molecule has 0 heterocycles. The summed E-state index contributed by atoms with van der Waals surface area (Å²) in [6.07, 6.45) is 0. The Hall–Kier alpha value is -5.62. The average molecular weight is 527 g/mol. The van der Waals surface area contributed by atoms with E-state index < -0.39 is 11.9 Å². The first-order valence-electron chi connectivity index (χ1n) is 12.6. The van der Waals surface area contributed by atoms with E-state index in [1.165, 1.54) is 0 Å². The molecule has 0 aromatic heterocycles. The zero-order valence-electron chi connectivity index (χ0n) is 21.1. The number of benzene rings is 6. The van der Waals surface area contributed by atoms with Crippen LogP contribution in [-0.2, 0) is 0 Å². The highest BCUT2D eigenvalue weighted by Crippen LogP contribution is 2.51. The summed E-state index contributed by atoms with van der Waals surface area (Å²) in [5.74, 6) is -2.10. The van der Waals surface area contributed by atoms with Gasteiger partial charge < -0.3 is 19.7 Å². The summed E-state index contributed by atoms with van der Waals surface area (Å²) in [6, 6.07) is 34.5. The zero-order valence-corrected chi connectivity index (χ0v) is 21.1. The van der Waals surface area contributed by atoms with E-state index in [1.807, 2.05) is 24.3 Å². The Bertz CT molecular complexity index is 1750. The predicted octanol–water partition coefficient (Wildman–Crippen LogP) is 7.51.